The highest BCUT2D eigenvalue weighted by Gasteiger charge is 2.22. The molecule has 0 radical (unpaired) electrons. The number of amides is 2. The first kappa shape index (κ1) is 22.6. The van der Waals surface area contributed by atoms with Crippen LogP contribution in [0.4, 0.5) is 5.69 Å². The molecule has 0 saturated carbocycles. The lowest BCUT2D eigenvalue weighted by Crippen LogP contribution is -2.47. The number of anilines is 1. The molecule has 7 nitrogen and oxygen atoms in total. The molecular weight excluding hydrogens is 394 g/mol. The second kappa shape index (κ2) is 10.3. The molecule has 3 rings (SSSR count). The maximum absolute atomic E-state index is 12.9. The fourth-order valence-corrected chi connectivity index (χ4v) is 3.32. The second-order valence-corrected chi connectivity index (χ2v) is 8.20. The standard InChI is InChI=1S/C24H31N3O4/c1-17(2)16-31-20-7-5-6-18(14-20)23(28)25-21-15-19(8-9-22(21)30-4)24(29)27-12-10-26(3)11-13-27/h5-9,14-15,17H,10-13,16H2,1-4H3,(H,25,28). The molecule has 0 unspecified atom stereocenters. The molecule has 1 fully saturated rings. The van der Waals surface area contributed by atoms with E-state index in [9.17, 15) is 9.59 Å². The molecule has 1 aliphatic heterocycles. The van der Waals surface area contributed by atoms with Crippen molar-refractivity contribution in [2.45, 2.75) is 13.8 Å². The van der Waals surface area contributed by atoms with Crippen LogP contribution in [0.25, 0.3) is 0 Å². The van der Waals surface area contributed by atoms with Gasteiger partial charge < -0.3 is 24.6 Å². The number of hydrogen-bond donors (Lipinski definition) is 1. The van der Waals surface area contributed by atoms with Crippen molar-refractivity contribution in [3.8, 4) is 11.5 Å². The molecule has 0 atom stereocenters. The van der Waals surface area contributed by atoms with Crippen molar-refractivity contribution in [3.05, 3.63) is 53.6 Å². The highest BCUT2D eigenvalue weighted by atomic mass is 16.5. The zero-order valence-corrected chi connectivity index (χ0v) is 18.7. The van der Waals surface area contributed by atoms with Crippen LogP contribution < -0.4 is 14.8 Å². The van der Waals surface area contributed by atoms with E-state index in [1.54, 1.807) is 36.4 Å². The van der Waals surface area contributed by atoms with Crippen molar-refractivity contribution in [1.82, 2.24) is 9.80 Å². The Morgan fingerprint density at radius 3 is 2.45 bits per heavy atom. The molecule has 0 aliphatic carbocycles. The molecular formula is C24H31N3O4. The van der Waals surface area contributed by atoms with E-state index in [0.29, 0.717) is 53.9 Å². The van der Waals surface area contributed by atoms with Crippen LogP contribution in [0.3, 0.4) is 0 Å². The van der Waals surface area contributed by atoms with E-state index in [4.69, 9.17) is 9.47 Å². The van der Waals surface area contributed by atoms with Crippen molar-refractivity contribution in [3.63, 3.8) is 0 Å². The van der Waals surface area contributed by atoms with Crippen LogP contribution >= 0.6 is 0 Å². The Morgan fingerprint density at radius 1 is 1.03 bits per heavy atom. The van der Waals surface area contributed by atoms with E-state index < -0.39 is 0 Å². The maximum atomic E-state index is 12.9. The summed E-state index contributed by atoms with van der Waals surface area (Å²) in [7, 11) is 3.58. The first-order chi connectivity index (χ1) is 14.9. The second-order valence-electron chi connectivity index (χ2n) is 8.20. The Kier molecular flexibility index (Phi) is 7.52. The molecule has 0 aromatic heterocycles. The molecule has 0 bridgehead atoms. The summed E-state index contributed by atoms with van der Waals surface area (Å²) in [6.45, 7) is 7.79. The van der Waals surface area contributed by atoms with Gasteiger partial charge in [0.1, 0.15) is 11.5 Å². The van der Waals surface area contributed by atoms with Gasteiger partial charge >= 0.3 is 0 Å². The monoisotopic (exact) mass is 425 g/mol. The minimum absolute atomic E-state index is 0.0460. The van der Waals surface area contributed by atoms with E-state index in [2.05, 4.69) is 24.1 Å². The average molecular weight is 426 g/mol. The van der Waals surface area contributed by atoms with Crippen LogP contribution in [0.2, 0.25) is 0 Å². The molecule has 31 heavy (non-hydrogen) atoms. The van der Waals surface area contributed by atoms with Gasteiger partial charge in [-0.3, -0.25) is 9.59 Å². The number of hydrogen-bond acceptors (Lipinski definition) is 5. The van der Waals surface area contributed by atoms with Gasteiger partial charge in [-0.2, -0.15) is 0 Å². The van der Waals surface area contributed by atoms with Crippen molar-refractivity contribution in [2.24, 2.45) is 5.92 Å². The number of carbonyl (C=O) groups excluding carboxylic acids is 2. The largest absolute Gasteiger partial charge is 0.495 e. The Labute approximate surface area is 183 Å². The number of likely N-dealkylation sites (N-methyl/N-ethyl adjacent to an activating group) is 1. The predicted octanol–water partition coefficient (Wildman–Crippen LogP) is 3.37. The van der Waals surface area contributed by atoms with Crippen molar-refractivity contribution < 1.29 is 19.1 Å². The fourth-order valence-electron chi connectivity index (χ4n) is 3.32. The van der Waals surface area contributed by atoms with E-state index in [1.165, 1.54) is 7.11 Å². The SMILES string of the molecule is COc1ccc(C(=O)N2CCN(C)CC2)cc1NC(=O)c1cccc(OCC(C)C)c1. The lowest BCUT2D eigenvalue weighted by atomic mass is 10.1. The minimum Gasteiger partial charge on any atom is -0.495 e. The highest BCUT2D eigenvalue weighted by Crippen LogP contribution is 2.27. The molecule has 2 aromatic carbocycles. The number of carbonyl (C=O) groups is 2. The number of piperazine rings is 1. The van der Waals surface area contributed by atoms with Crippen LogP contribution in [0, 0.1) is 5.92 Å². The normalized spacial score (nSPS) is 14.4. The van der Waals surface area contributed by atoms with Gasteiger partial charge in [0.25, 0.3) is 11.8 Å². The quantitative estimate of drug-likeness (QED) is 0.737. The summed E-state index contributed by atoms with van der Waals surface area (Å²) in [4.78, 5) is 29.8. The third-order valence-electron chi connectivity index (χ3n) is 5.16. The van der Waals surface area contributed by atoms with Gasteiger partial charge in [-0.15, -0.1) is 0 Å². The van der Waals surface area contributed by atoms with E-state index >= 15 is 0 Å². The van der Waals surface area contributed by atoms with Crippen LogP contribution in [0.15, 0.2) is 42.5 Å². The zero-order valence-electron chi connectivity index (χ0n) is 18.7. The topological polar surface area (TPSA) is 71.1 Å². The summed E-state index contributed by atoms with van der Waals surface area (Å²) in [6, 6.07) is 12.2. The Bertz CT molecular complexity index is 921. The summed E-state index contributed by atoms with van der Waals surface area (Å²) >= 11 is 0. The summed E-state index contributed by atoms with van der Waals surface area (Å²) in [5, 5.41) is 2.88. The van der Waals surface area contributed by atoms with Crippen molar-refractivity contribution in [2.75, 3.05) is 52.3 Å². The Hall–Kier alpha value is -3.06. The lowest BCUT2D eigenvalue weighted by Gasteiger charge is -2.32. The third kappa shape index (κ3) is 5.98. The van der Waals surface area contributed by atoms with Crippen LogP contribution in [-0.2, 0) is 0 Å². The number of ether oxygens (including phenoxy) is 2. The molecule has 7 heteroatoms. The van der Waals surface area contributed by atoms with Crippen LogP contribution in [-0.4, -0.2) is 68.6 Å². The smallest absolute Gasteiger partial charge is 0.255 e. The van der Waals surface area contributed by atoms with Crippen molar-refractivity contribution in [1.29, 1.82) is 0 Å². The average Bonchev–Trinajstić information content (AvgIpc) is 2.78. The Balaban J connectivity index is 1.76. The molecule has 166 valence electrons. The highest BCUT2D eigenvalue weighted by molar-refractivity contribution is 6.06. The van der Waals surface area contributed by atoms with E-state index in [-0.39, 0.29) is 11.8 Å². The zero-order chi connectivity index (χ0) is 22.4. The first-order valence-corrected chi connectivity index (χ1v) is 10.6. The van der Waals surface area contributed by atoms with Gasteiger partial charge in [-0.25, -0.2) is 0 Å². The van der Waals surface area contributed by atoms with Gasteiger partial charge in [0.2, 0.25) is 0 Å². The summed E-state index contributed by atoms with van der Waals surface area (Å²) in [5.74, 6) is 1.19. The van der Waals surface area contributed by atoms with Gasteiger partial charge in [0.15, 0.2) is 0 Å². The predicted molar refractivity (Wildman–Crippen MR) is 121 cm³/mol. The molecule has 0 spiro atoms. The van der Waals surface area contributed by atoms with E-state index in [0.717, 1.165) is 13.1 Å². The minimum atomic E-state index is -0.294. The van der Waals surface area contributed by atoms with Gasteiger partial charge in [-0.05, 0) is 49.4 Å². The summed E-state index contributed by atoms with van der Waals surface area (Å²) in [6.07, 6.45) is 0. The first-order valence-electron chi connectivity index (χ1n) is 10.6. The number of benzene rings is 2. The summed E-state index contributed by atoms with van der Waals surface area (Å²) in [5.41, 5.74) is 1.45. The number of methoxy groups -OCH3 is 1. The lowest BCUT2D eigenvalue weighted by molar-refractivity contribution is 0.0664. The Morgan fingerprint density at radius 2 is 1.77 bits per heavy atom. The third-order valence-corrected chi connectivity index (χ3v) is 5.16. The molecule has 1 heterocycles. The summed E-state index contributed by atoms with van der Waals surface area (Å²) < 4.78 is 11.1. The van der Waals surface area contributed by atoms with Crippen LogP contribution in [0.1, 0.15) is 34.6 Å². The molecule has 1 saturated heterocycles. The molecule has 2 aromatic rings. The van der Waals surface area contributed by atoms with Crippen molar-refractivity contribution >= 4 is 17.5 Å². The van der Waals surface area contributed by atoms with Gasteiger partial charge in [0, 0.05) is 37.3 Å². The molecule has 1 N–H and O–H groups in total. The molecule has 1 aliphatic rings. The van der Waals surface area contributed by atoms with Crippen LogP contribution in [0.5, 0.6) is 11.5 Å². The molecule has 2 amide bonds. The number of rotatable bonds is 7. The van der Waals surface area contributed by atoms with E-state index in [1.807, 2.05) is 18.0 Å². The van der Waals surface area contributed by atoms with Gasteiger partial charge in [0.05, 0.1) is 19.4 Å². The fraction of sp³-hybridized carbons (Fsp3) is 0.417. The number of nitrogens with one attached hydrogen (secondary N) is 1. The number of nitrogens with zero attached hydrogens (tertiary/aromatic N) is 2. The maximum Gasteiger partial charge on any atom is 0.255 e. The van der Waals surface area contributed by atoms with Gasteiger partial charge in [-0.1, -0.05) is 19.9 Å².